The monoisotopic (exact) mass is 481 g/mol. The van der Waals surface area contributed by atoms with Crippen LogP contribution in [0, 0.1) is 0 Å². The summed E-state index contributed by atoms with van der Waals surface area (Å²) < 4.78 is 2.06. The van der Waals surface area contributed by atoms with Gasteiger partial charge in [0.15, 0.2) is 0 Å². The van der Waals surface area contributed by atoms with E-state index >= 15 is 0 Å². The number of hydrogen-bond acceptors (Lipinski definition) is 3. The Morgan fingerprint density at radius 1 is 1.03 bits per heavy atom. The van der Waals surface area contributed by atoms with Crippen LogP contribution < -0.4 is 5.32 Å². The summed E-state index contributed by atoms with van der Waals surface area (Å²) >= 11 is 13.8. The van der Waals surface area contributed by atoms with Gasteiger partial charge in [-0.1, -0.05) is 23.2 Å². The highest BCUT2D eigenvalue weighted by Crippen LogP contribution is 2.38. The lowest BCUT2D eigenvalue weighted by molar-refractivity contribution is 0.0800. The van der Waals surface area contributed by atoms with Crippen LogP contribution in [0.4, 0.5) is 5.69 Å². The number of rotatable bonds is 3. The van der Waals surface area contributed by atoms with Gasteiger partial charge in [0, 0.05) is 45.0 Å². The lowest BCUT2D eigenvalue weighted by Crippen LogP contribution is -2.29. The standard InChI is InChI=1S/C24H17Cl2N3O2S/c25-16-5-8-20(26)19(12-16)23(30)27-17-6-3-15(4-7-17)24(31)29-13-18-2-1-10-28(18)14-22-21(29)9-11-32-22/h1-10,12,14H,11,13H2,(H,27,30). The van der Waals surface area contributed by atoms with Crippen molar-refractivity contribution in [3.63, 3.8) is 0 Å². The smallest absolute Gasteiger partial charge is 0.258 e. The molecule has 1 N–H and O–H groups in total. The Bertz CT molecular complexity index is 1290. The summed E-state index contributed by atoms with van der Waals surface area (Å²) in [6, 6.07) is 15.6. The molecule has 0 bridgehead atoms. The topological polar surface area (TPSA) is 54.3 Å². The predicted molar refractivity (Wildman–Crippen MR) is 130 cm³/mol. The highest BCUT2D eigenvalue weighted by Gasteiger charge is 2.28. The van der Waals surface area contributed by atoms with Crippen molar-refractivity contribution >= 4 is 58.7 Å². The SMILES string of the molecule is O=C(Nc1ccc(C(=O)N2Cc3cccn3C=C3SCC=C32)cc1)c1cc(Cl)ccc1Cl. The molecule has 1 aromatic heterocycles. The van der Waals surface area contributed by atoms with Crippen LogP contribution in [0.2, 0.25) is 10.0 Å². The minimum absolute atomic E-state index is 0.0879. The molecule has 0 saturated heterocycles. The summed E-state index contributed by atoms with van der Waals surface area (Å²) in [4.78, 5) is 28.8. The molecule has 3 heterocycles. The number of halogens is 2. The molecule has 0 aliphatic carbocycles. The first kappa shape index (κ1) is 20.9. The lowest BCUT2D eigenvalue weighted by atomic mass is 10.1. The van der Waals surface area contributed by atoms with Gasteiger partial charge in [0.05, 0.1) is 22.8 Å². The third-order valence-electron chi connectivity index (χ3n) is 5.31. The fraction of sp³-hybridized carbons (Fsp3) is 0.0833. The number of amides is 2. The normalized spacial score (nSPS) is 14.8. The summed E-state index contributed by atoms with van der Waals surface area (Å²) in [7, 11) is 0. The highest BCUT2D eigenvalue weighted by molar-refractivity contribution is 8.03. The van der Waals surface area contributed by atoms with Crippen molar-refractivity contribution in [2.45, 2.75) is 6.54 Å². The Labute approximate surface area is 199 Å². The zero-order chi connectivity index (χ0) is 22.2. The molecule has 0 unspecified atom stereocenters. The van der Waals surface area contributed by atoms with E-state index in [4.69, 9.17) is 23.2 Å². The van der Waals surface area contributed by atoms with Crippen molar-refractivity contribution in [1.29, 1.82) is 0 Å². The van der Waals surface area contributed by atoms with E-state index in [1.807, 2.05) is 23.2 Å². The molecule has 5 rings (SSSR count). The van der Waals surface area contributed by atoms with Crippen molar-refractivity contribution in [2.24, 2.45) is 0 Å². The van der Waals surface area contributed by atoms with E-state index in [0.29, 0.717) is 27.8 Å². The summed E-state index contributed by atoms with van der Waals surface area (Å²) in [5.41, 5.74) is 3.38. The van der Waals surface area contributed by atoms with Crippen molar-refractivity contribution in [1.82, 2.24) is 9.47 Å². The van der Waals surface area contributed by atoms with Crippen molar-refractivity contribution in [3.8, 4) is 0 Å². The predicted octanol–water partition coefficient (Wildman–Crippen LogP) is 6.13. The quantitative estimate of drug-likeness (QED) is 0.489. The molecule has 5 nitrogen and oxygen atoms in total. The number of carbonyl (C=O) groups is 2. The van der Waals surface area contributed by atoms with Crippen LogP contribution in [0.1, 0.15) is 26.4 Å². The minimum atomic E-state index is -0.368. The second kappa shape index (κ2) is 8.54. The molecule has 0 saturated carbocycles. The van der Waals surface area contributed by atoms with Crippen molar-refractivity contribution < 1.29 is 9.59 Å². The Balaban J connectivity index is 1.36. The molecule has 2 aliphatic heterocycles. The number of anilines is 1. The van der Waals surface area contributed by atoms with Gasteiger partial charge in [-0.05, 0) is 60.7 Å². The van der Waals surface area contributed by atoms with E-state index in [2.05, 4.69) is 22.2 Å². The number of aromatic nitrogens is 1. The fourth-order valence-electron chi connectivity index (χ4n) is 3.70. The molecule has 2 aliphatic rings. The highest BCUT2D eigenvalue weighted by atomic mass is 35.5. The molecule has 0 spiro atoms. The molecule has 3 aromatic rings. The summed E-state index contributed by atoms with van der Waals surface area (Å²) in [5.74, 6) is 0.390. The van der Waals surface area contributed by atoms with Crippen LogP contribution in [-0.2, 0) is 6.54 Å². The van der Waals surface area contributed by atoms with E-state index in [9.17, 15) is 9.59 Å². The van der Waals surface area contributed by atoms with E-state index in [1.54, 1.807) is 48.2 Å². The van der Waals surface area contributed by atoms with Crippen LogP contribution in [0.3, 0.4) is 0 Å². The van der Waals surface area contributed by atoms with E-state index in [-0.39, 0.29) is 17.4 Å². The molecule has 2 amide bonds. The second-order valence-electron chi connectivity index (χ2n) is 7.35. The number of thioether (sulfide) groups is 1. The number of nitrogens with zero attached hydrogens (tertiary/aromatic N) is 2. The van der Waals surface area contributed by atoms with Crippen LogP contribution >= 0.6 is 35.0 Å². The van der Waals surface area contributed by atoms with Crippen molar-refractivity contribution in [2.75, 3.05) is 11.1 Å². The first-order chi connectivity index (χ1) is 15.5. The Kier molecular flexibility index (Phi) is 5.59. The zero-order valence-corrected chi connectivity index (χ0v) is 19.0. The first-order valence-electron chi connectivity index (χ1n) is 9.89. The van der Waals surface area contributed by atoms with Gasteiger partial charge in [-0.3, -0.25) is 9.59 Å². The molecule has 0 radical (unpaired) electrons. The van der Waals surface area contributed by atoms with Crippen LogP contribution in [0.15, 0.2) is 77.5 Å². The molecular weight excluding hydrogens is 465 g/mol. The molecular formula is C24H17Cl2N3O2S. The second-order valence-corrected chi connectivity index (χ2v) is 9.25. The Hall–Kier alpha value is -2.93. The van der Waals surface area contributed by atoms with Gasteiger partial charge in [-0.2, -0.15) is 0 Å². The number of hydrogen-bond donors (Lipinski definition) is 1. The van der Waals surface area contributed by atoms with Crippen LogP contribution in [0.5, 0.6) is 0 Å². The number of carbonyl (C=O) groups excluding carboxylic acids is 2. The number of benzene rings is 2. The molecule has 2 aromatic carbocycles. The average Bonchev–Trinajstić information content (AvgIpc) is 3.41. The van der Waals surface area contributed by atoms with E-state index < -0.39 is 0 Å². The molecule has 160 valence electrons. The minimum Gasteiger partial charge on any atom is -0.325 e. The molecule has 0 atom stereocenters. The largest absolute Gasteiger partial charge is 0.325 e. The van der Waals surface area contributed by atoms with Gasteiger partial charge in [-0.15, -0.1) is 11.8 Å². The molecule has 8 heteroatoms. The molecule has 32 heavy (non-hydrogen) atoms. The summed E-state index contributed by atoms with van der Waals surface area (Å²) in [5, 5.41) is 3.54. The third-order valence-corrected chi connectivity index (χ3v) is 6.83. The maximum absolute atomic E-state index is 13.4. The lowest BCUT2D eigenvalue weighted by Gasteiger charge is -2.23. The summed E-state index contributed by atoms with van der Waals surface area (Å²) in [6.45, 7) is 0.490. The third kappa shape index (κ3) is 3.97. The van der Waals surface area contributed by atoms with E-state index in [0.717, 1.165) is 22.0 Å². The van der Waals surface area contributed by atoms with Gasteiger partial charge >= 0.3 is 0 Å². The van der Waals surface area contributed by atoms with Gasteiger partial charge < -0.3 is 14.8 Å². The maximum atomic E-state index is 13.4. The van der Waals surface area contributed by atoms with Gasteiger partial charge in [0.2, 0.25) is 0 Å². The van der Waals surface area contributed by atoms with Crippen molar-refractivity contribution in [3.05, 3.63) is 104 Å². The zero-order valence-electron chi connectivity index (χ0n) is 16.7. The van der Waals surface area contributed by atoms with Gasteiger partial charge in [0.25, 0.3) is 11.8 Å². The van der Waals surface area contributed by atoms with E-state index in [1.165, 1.54) is 6.07 Å². The fourth-order valence-corrected chi connectivity index (χ4v) is 5.02. The number of fused-ring (bicyclic) bond motifs is 2. The average molecular weight is 482 g/mol. The van der Waals surface area contributed by atoms with Crippen LogP contribution in [0.25, 0.3) is 6.20 Å². The summed E-state index contributed by atoms with van der Waals surface area (Å²) in [6.07, 6.45) is 6.16. The molecule has 0 fully saturated rings. The maximum Gasteiger partial charge on any atom is 0.258 e. The Morgan fingerprint density at radius 3 is 2.66 bits per heavy atom. The first-order valence-corrected chi connectivity index (χ1v) is 11.6. The van der Waals surface area contributed by atoms with Gasteiger partial charge in [-0.25, -0.2) is 0 Å². The Morgan fingerprint density at radius 2 is 1.84 bits per heavy atom. The van der Waals surface area contributed by atoms with Crippen LogP contribution in [-0.4, -0.2) is 27.0 Å². The number of nitrogens with one attached hydrogen (secondary N) is 1. The van der Waals surface area contributed by atoms with Gasteiger partial charge in [0.1, 0.15) is 0 Å².